The first kappa shape index (κ1) is 18.0. The summed E-state index contributed by atoms with van der Waals surface area (Å²) >= 11 is 0. The van der Waals surface area contributed by atoms with E-state index in [0.717, 1.165) is 43.4 Å². The van der Waals surface area contributed by atoms with Crippen LogP contribution in [0.2, 0.25) is 0 Å². The zero-order valence-corrected chi connectivity index (χ0v) is 14.8. The average molecular weight is 352 g/mol. The number of carbonyl (C=O) groups excluding carboxylic acids is 2. The monoisotopic (exact) mass is 352 g/mol. The van der Waals surface area contributed by atoms with Crippen LogP contribution < -0.4 is 11.1 Å². The quantitative estimate of drug-likeness (QED) is 0.744. The molecule has 0 fully saturated rings. The number of nitrogens with one attached hydrogen (secondary N) is 1. The summed E-state index contributed by atoms with van der Waals surface area (Å²) in [6, 6.07) is 10.4. The zero-order chi connectivity index (χ0) is 18.4. The molecule has 2 amide bonds. The number of rotatable bonds is 7. The van der Waals surface area contributed by atoms with Crippen LogP contribution in [0.25, 0.3) is 0 Å². The van der Waals surface area contributed by atoms with Gasteiger partial charge in [0, 0.05) is 24.4 Å². The minimum absolute atomic E-state index is 0.0599. The third-order valence-electron chi connectivity index (χ3n) is 4.70. The predicted octanol–water partition coefficient (Wildman–Crippen LogP) is 1.96. The number of unbranched alkanes of at least 4 members (excludes halogenated alkanes) is 1. The van der Waals surface area contributed by atoms with E-state index in [9.17, 15) is 9.59 Å². The molecular weight excluding hydrogens is 328 g/mol. The summed E-state index contributed by atoms with van der Waals surface area (Å²) in [6.45, 7) is 0. The van der Waals surface area contributed by atoms with Crippen molar-refractivity contribution in [2.24, 2.45) is 5.73 Å². The lowest BCUT2D eigenvalue weighted by Gasteiger charge is -2.24. The van der Waals surface area contributed by atoms with Gasteiger partial charge < -0.3 is 11.1 Å². The van der Waals surface area contributed by atoms with Gasteiger partial charge in [-0.2, -0.15) is 0 Å². The van der Waals surface area contributed by atoms with E-state index in [4.69, 9.17) is 5.73 Å². The number of primary amides is 1. The number of amides is 2. The standard InChI is InChI=1S/C20H24N4O2/c21-19(26)20-22-13-15-12-16(10-11-17(15)24-20)23-18(25)9-5-4-8-14-6-2-1-3-7-14/h1-3,6-7,13,16H,4-5,8-12H2,(H2,21,26)(H,23,25). The SMILES string of the molecule is NC(=O)c1ncc2c(n1)CCC(NC(=O)CCCCc1ccccc1)C2. The smallest absolute Gasteiger partial charge is 0.286 e. The van der Waals surface area contributed by atoms with Gasteiger partial charge in [0.2, 0.25) is 11.7 Å². The number of fused-ring (bicyclic) bond motifs is 1. The maximum atomic E-state index is 12.2. The fraction of sp³-hybridized carbons (Fsp3) is 0.400. The molecule has 6 nitrogen and oxygen atoms in total. The van der Waals surface area contributed by atoms with Gasteiger partial charge in [-0.3, -0.25) is 9.59 Å². The van der Waals surface area contributed by atoms with Crippen LogP contribution in [-0.2, 0) is 24.1 Å². The first-order valence-electron chi connectivity index (χ1n) is 9.09. The van der Waals surface area contributed by atoms with Gasteiger partial charge in [-0.25, -0.2) is 9.97 Å². The maximum Gasteiger partial charge on any atom is 0.286 e. The van der Waals surface area contributed by atoms with Gasteiger partial charge in [0.05, 0.1) is 0 Å². The number of nitrogens with two attached hydrogens (primary N) is 1. The number of nitrogens with zero attached hydrogens (tertiary/aromatic N) is 2. The Kier molecular flexibility index (Phi) is 5.94. The number of hydrogen-bond acceptors (Lipinski definition) is 4. The normalized spacial score (nSPS) is 15.9. The molecule has 1 aliphatic carbocycles. The summed E-state index contributed by atoms with van der Waals surface area (Å²) in [5, 5.41) is 3.11. The molecule has 1 aromatic carbocycles. The van der Waals surface area contributed by atoms with Gasteiger partial charge >= 0.3 is 0 Å². The van der Waals surface area contributed by atoms with Crippen molar-refractivity contribution in [1.82, 2.24) is 15.3 Å². The van der Waals surface area contributed by atoms with E-state index in [1.807, 2.05) is 18.2 Å². The van der Waals surface area contributed by atoms with Gasteiger partial charge in [0.15, 0.2) is 0 Å². The van der Waals surface area contributed by atoms with Crippen molar-refractivity contribution in [3.05, 3.63) is 59.2 Å². The molecule has 0 saturated heterocycles. The molecule has 2 aromatic rings. The molecule has 3 N–H and O–H groups in total. The molecule has 3 rings (SSSR count). The lowest BCUT2D eigenvalue weighted by Crippen LogP contribution is -2.39. The molecule has 6 heteroatoms. The lowest BCUT2D eigenvalue weighted by molar-refractivity contribution is -0.122. The van der Waals surface area contributed by atoms with E-state index in [0.29, 0.717) is 12.8 Å². The van der Waals surface area contributed by atoms with Crippen LogP contribution in [0.1, 0.15) is 53.1 Å². The van der Waals surface area contributed by atoms with Crippen LogP contribution in [0.15, 0.2) is 36.5 Å². The fourth-order valence-corrected chi connectivity index (χ4v) is 3.31. The minimum atomic E-state index is -0.612. The minimum Gasteiger partial charge on any atom is -0.363 e. The van der Waals surface area contributed by atoms with Crippen LogP contribution in [0.4, 0.5) is 0 Å². The van der Waals surface area contributed by atoms with E-state index in [1.54, 1.807) is 6.20 Å². The number of aromatic nitrogens is 2. The number of benzene rings is 1. The second-order valence-electron chi connectivity index (χ2n) is 6.73. The predicted molar refractivity (Wildman–Crippen MR) is 98.5 cm³/mol. The highest BCUT2D eigenvalue weighted by Crippen LogP contribution is 2.19. The second-order valence-corrected chi connectivity index (χ2v) is 6.73. The van der Waals surface area contributed by atoms with Crippen molar-refractivity contribution < 1.29 is 9.59 Å². The first-order chi connectivity index (χ1) is 12.6. The molecule has 1 unspecified atom stereocenters. The van der Waals surface area contributed by atoms with Crippen LogP contribution in [0, 0.1) is 0 Å². The summed E-state index contributed by atoms with van der Waals surface area (Å²) in [5.74, 6) is -0.454. The molecular formula is C20H24N4O2. The Hall–Kier alpha value is -2.76. The number of carbonyl (C=O) groups is 2. The van der Waals surface area contributed by atoms with Gasteiger partial charge in [0.1, 0.15) is 0 Å². The molecule has 1 aromatic heterocycles. The van der Waals surface area contributed by atoms with Gasteiger partial charge in [-0.15, -0.1) is 0 Å². The highest BCUT2D eigenvalue weighted by Gasteiger charge is 2.22. The Balaban J connectivity index is 1.42. The topological polar surface area (TPSA) is 98.0 Å². The Labute approximate surface area is 153 Å². The van der Waals surface area contributed by atoms with Crippen molar-refractivity contribution >= 4 is 11.8 Å². The highest BCUT2D eigenvalue weighted by atomic mass is 16.2. The van der Waals surface area contributed by atoms with Gasteiger partial charge in [-0.05, 0) is 49.7 Å². The first-order valence-corrected chi connectivity index (χ1v) is 9.09. The Morgan fingerprint density at radius 2 is 2.00 bits per heavy atom. The van der Waals surface area contributed by atoms with Crippen molar-refractivity contribution in [2.75, 3.05) is 0 Å². The molecule has 0 saturated carbocycles. The largest absolute Gasteiger partial charge is 0.363 e. The number of hydrogen-bond donors (Lipinski definition) is 2. The molecule has 1 aliphatic rings. The lowest BCUT2D eigenvalue weighted by atomic mass is 9.92. The Morgan fingerprint density at radius 1 is 1.19 bits per heavy atom. The zero-order valence-electron chi connectivity index (χ0n) is 14.8. The molecule has 1 atom stereocenters. The fourth-order valence-electron chi connectivity index (χ4n) is 3.31. The highest BCUT2D eigenvalue weighted by molar-refractivity contribution is 5.88. The summed E-state index contributed by atoms with van der Waals surface area (Å²) in [5.41, 5.74) is 8.37. The summed E-state index contributed by atoms with van der Waals surface area (Å²) in [6.07, 6.45) is 7.33. The van der Waals surface area contributed by atoms with Crippen molar-refractivity contribution in [1.29, 1.82) is 0 Å². The maximum absolute atomic E-state index is 12.2. The second kappa shape index (κ2) is 8.56. The number of aryl methyl sites for hydroxylation is 2. The van der Waals surface area contributed by atoms with Crippen molar-refractivity contribution in [2.45, 2.75) is 51.0 Å². The Morgan fingerprint density at radius 3 is 2.77 bits per heavy atom. The van der Waals surface area contributed by atoms with E-state index in [1.165, 1.54) is 5.56 Å². The summed E-state index contributed by atoms with van der Waals surface area (Å²) < 4.78 is 0. The van der Waals surface area contributed by atoms with Crippen molar-refractivity contribution in [3.63, 3.8) is 0 Å². The molecule has 0 bridgehead atoms. The summed E-state index contributed by atoms with van der Waals surface area (Å²) in [7, 11) is 0. The van der Waals surface area contributed by atoms with Crippen LogP contribution in [0.5, 0.6) is 0 Å². The van der Waals surface area contributed by atoms with Crippen LogP contribution >= 0.6 is 0 Å². The van der Waals surface area contributed by atoms with Gasteiger partial charge in [0.25, 0.3) is 5.91 Å². The summed E-state index contributed by atoms with van der Waals surface area (Å²) in [4.78, 5) is 31.5. The molecule has 0 radical (unpaired) electrons. The van der Waals surface area contributed by atoms with Crippen LogP contribution in [0.3, 0.4) is 0 Å². The van der Waals surface area contributed by atoms with E-state index < -0.39 is 5.91 Å². The van der Waals surface area contributed by atoms with E-state index >= 15 is 0 Å². The molecule has 26 heavy (non-hydrogen) atoms. The third-order valence-corrected chi connectivity index (χ3v) is 4.70. The van der Waals surface area contributed by atoms with Crippen molar-refractivity contribution in [3.8, 4) is 0 Å². The third kappa shape index (κ3) is 4.88. The molecule has 1 heterocycles. The molecule has 136 valence electrons. The molecule has 0 spiro atoms. The van der Waals surface area contributed by atoms with Crippen LogP contribution in [-0.4, -0.2) is 27.8 Å². The van der Waals surface area contributed by atoms with Gasteiger partial charge in [-0.1, -0.05) is 30.3 Å². The van der Waals surface area contributed by atoms with E-state index in [2.05, 4.69) is 27.4 Å². The average Bonchev–Trinajstić information content (AvgIpc) is 2.65. The Bertz CT molecular complexity index is 777. The molecule has 0 aliphatic heterocycles. The van der Waals surface area contributed by atoms with E-state index in [-0.39, 0.29) is 17.8 Å².